The van der Waals surface area contributed by atoms with Gasteiger partial charge in [0.05, 0.1) is 58.1 Å². The number of halogens is 1. The molecule has 1 aliphatic rings. The van der Waals surface area contributed by atoms with E-state index in [0.717, 1.165) is 31.2 Å². The summed E-state index contributed by atoms with van der Waals surface area (Å²) in [5.74, 6) is -0.498. The predicted molar refractivity (Wildman–Crippen MR) is 139 cm³/mol. The number of hydrogen-bond acceptors (Lipinski definition) is 9. The molecule has 0 aliphatic heterocycles. The minimum atomic E-state index is -1.64. The van der Waals surface area contributed by atoms with E-state index in [1.165, 1.54) is 26.2 Å². The number of aliphatic hydroxyl groups is 1. The summed E-state index contributed by atoms with van der Waals surface area (Å²) in [6.07, 6.45) is 6.33. The van der Waals surface area contributed by atoms with Gasteiger partial charge in [0.25, 0.3) is 5.91 Å². The Kier molecular flexibility index (Phi) is 7.21. The number of fused-ring (bicyclic) bond motifs is 1. The topological polar surface area (TPSA) is 159 Å². The Labute approximate surface area is 223 Å². The Morgan fingerprint density at radius 2 is 2.05 bits per heavy atom. The zero-order chi connectivity index (χ0) is 27.6. The average molecular weight is 533 g/mol. The van der Waals surface area contributed by atoms with E-state index >= 15 is 0 Å². The van der Waals surface area contributed by atoms with Gasteiger partial charge < -0.3 is 15.7 Å². The highest BCUT2D eigenvalue weighted by Crippen LogP contribution is 2.32. The lowest BCUT2D eigenvalue weighted by Gasteiger charge is -2.30. The van der Waals surface area contributed by atoms with E-state index in [2.05, 4.69) is 42.3 Å². The molecule has 1 fully saturated rings. The van der Waals surface area contributed by atoms with Crippen LogP contribution in [0.25, 0.3) is 16.9 Å². The van der Waals surface area contributed by atoms with Crippen LogP contribution >= 0.6 is 0 Å². The fourth-order valence-corrected chi connectivity index (χ4v) is 4.72. The van der Waals surface area contributed by atoms with Crippen molar-refractivity contribution in [3.05, 3.63) is 54.1 Å². The van der Waals surface area contributed by atoms with Crippen LogP contribution < -0.4 is 10.6 Å². The van der Waals surface area contributed by atoms with Crippen LogP contribution in [0.5, 0.6) is 0 Å². The van der Waals surface area contributed by atoms with E-state index in [1.54, 1.807) is 27.7 Å². The Hall–Kier alpha value is -4.44. The second-order valence-electron chi connectivity index (χ2n) is 10.3. The van der Waals surface area contributed by atoms with Crippen molar-refractivity contribution in [2.75, 3.05) is 11.9 Å². The van der Waals surface area contributed by atoms with E-state index in [9.17, 15) is 19.6 Å². The normalized spacial score (nSPS) is 18.4. The van der Waals surface area contributed by atoms with Crippen LogP contribution in [0, 0.1) is 11.3 Å². The maximum absolute atomic E-state index is 14.3. The van der Waals surface area contributed by atoms with Crippen LogP contribution in [0.15, 0.2) is 43.0 Å². The van der Waals surface area contributed by atoms with E-state index in [-0.39, 0.29) is 24.2 Å². The Morgan fingerprint density at radius 3 is 2.74 bits per heavy atom. The number of rotatable bonds is 8. The van der Waals surface area contributed by atoms with Gasteiger partial charge in [0.2, 0.25) is 0 Å². The van der Waals surface area contributed by atoms with Gasteiger partial charge in [-0.05, 0) is 74.2 Å². The highest BCUT2D eigenvalue weighted by Gasteiger charge is 2.28. The van der Waals surface area contributed by atoms with Gasteiger partial charge in [-0.15, -0.1) is 5.10 Å². The first-order valence-electron chi connectivity index (χ1n) is 12.7. The summed E-state index contributed by atoms with van der Waals surface area (Å²) in [7, 11) is 0. The number of carbonyl (C=O) groups is 1. The SMILES string of the molecule is CC(C)(O)[C@H](F)CNC(=O)c1cnc(-c2ccc3cc(C#N)cnn23)cc1NC1CCC(n2cnnn2)CC1. The van der Waals surface area contributed by atoms with E-state index in [4.69, 9.17) is 0 Å². The molecule has 13 heteroatoms. The van der Waals surface area contributed by atoms with Gasteiger partial charge in [0.15, 0.2) is 0 Å². The van der Waals surface area contributed by atoms with Gasteiger partial charge in [-0.2, -0.15) is 10.4 Å². The van der Waals surface area contributed by atoms with E-state index in [1.807, 2.05) is 12.1 Å². The molecule has 1 amide bonds. The van der Waals surface area contributed by atoms with Crippen molar-refractivity contribution in [3.63, 3.8) is 0 Å². The number of tetrazole rings is 1. The third-order valence-electron chi connectivity index (χ3n) is 7.04. The third kappa shape index (κ3) is 5.70. The van der Waals surface area contributed by atoms with Gasteiger partial charge in [0.1, 0.15) is 18.6 Å². The van der Waals surface area contributed by atoms with Crippen LogP contribution in [0.1, 0.15) is 61.5 Å². The molecule has 1 aliphatic carbocycles. The van der Waals surface area contributed by atoms with Crippen molar-refractivity contribution in [1.82, 2.24) is 40.1 Å². The van der Waals surface area contributed by atoms with E-state index in [0.29, 0.717) is 22.6 Å². The zero-order valence-electron chi connectivity index (χ0n) is 21.6. The molecule has 0 unspecified atom stereocenters. The summed E-state index contributed by atoms with van der Waals surface area (Å²) in [5.41, 5.74) is 1.71. The Bertz CT molecular complexity index is 1500. The fourth-order valence-electron chi connectivity index (χ4n) is 4.72. The molecule has 202 valence electrons. The highest BCUT2D eigenvalue weighted by atomic mass is 19.1. The van der Waals surface area contributed by atoms with Crippen molar-refractivity contribution < 1.29 is 14.3 Å². The molecule has 12 nitrogen and oxygen atoms in total. The number of nitriles is 1. The molecule has 5 rings (SSSR count). The molecule has 4 aromatic heterocycles. The molecule has 0 radical (unpaired) electrons. The number of aromatic nitrogens is 7. The summed E-state index contributed by atoms with van der Waals surface area (Å²) in [4.78, 5) is 17.6. The fraction of sp³-hybridized carbons (Fsp3) is 0.423. The third-order valence-corrected chi connectivity index (χ3v) is 7.04. The summed E-state index contributed by atoms with van der Waals surface area (Å²) in [6, 6.07) is 9.60. The molecule has 0 aromatic carbocycles. The largest absolute Gasteiger partial charge is 0.387 e. The van der Waals surface area contributed by atoms with E-state index < -0.39 is 17.7 Å². The second kappa shape index (κ2) is 10.7. The summed E-state index contributed by atoms with van der Waals surface area (Å²) < 4.78 is 17.8. The van der Waals surface area contributed by atoms with Crippen molar-refractivity contribution >= 4 is 17.1 Å². The van der Waals surface area contributed by atoms with Crippen molar-refractivity contribution in [2.24, 2.45) is 0 Å². The predicted octanol–water partition coefficient (Wildman–Crippen LogP) is 2.69. The van der Waals surface area contributed by atoms with Gasteiger partial charge in [0, 0.05) is 12.2 Å². The maximum atomic E-state index is 14.3. The van der Waals surface area contributed by atoms with Crippen LogP contribution in [-0.2, 0) is 0 Å². The van der Waals surface area contributed by atoms with Crippen molar-refractivity contribution in [1.29, 1.82) is 5.26 Å². The standard InChI is InChI=1S/C26H29FN10O2/c1-26(2,39)24(27)14-30-25(38)20-13-29-22(23-8-7-19-9-16(11-28)12-32-37(19)23)10-21(20)33-17-3-5-18(6-4-17)36-15-31-34-35-36/h7-10,12-13,15,17-18,24,39H,3-6,14H2,1-2H3,(H,29,33)(H,30,38)/t17?,18?,24-/m1/s1. The number of pyridine rings is 1. The minimum Gasteiger partial charge on any atom is -0.387 e. The number of carbonyl (C=O) groups excluding carboxylic acids is 1. The maximum Gasteiger partial charge on any atom is 0.255 e. The highest BCUT2D eigenvalue weighted by molar-refractivity contribution is 6.00. The smallest absolute Gasteiger partial charge is 0.255 e. The Balaban J connectivity index is 1.41. The van der Waals surface area contributed by atoms with Gasteiger partial charge in [-0.1, -0.05) is 0 Å². The molecule has 0 saturated heterocycles. The molecule has 4 heterocycles. The van der Waals surface area contributed by atoms with Gasteiger partial charge >= 0.3 is 0 Å². The second-order valence-corrected chi connectivity index (χ2v) is 10.3. The number of nitrogens with zero attached hydrogens (tertiary/aromatic N) is 8. The van der Waals surface area contributed by atoms with Gasteiger partial charge in [-0.3, -0.25) is 9.78 Å². The van der Waals surface area contributed by atoms with Gasteiger partial charge in [-0.25, -0.2) is 13.6 Å². The summed E-state index contributed by atoms with van der Waals surface area (Å²) in [5, 5.41) is 41.0. The van der Waals surface area contributed by atoms with Crippen LogP contribution in [-0.4, -0.2) is 70.2 Å². The molecule has 0 bridgehead atoms. The molecule has 4 aromatic rings. The zero-order valence-corrected chi connectivity index (χ0v) is 21.6. The molecular weight excluding hydrogens is 503 g/mol. The lowest BCUT2D eigenvalue weighted by Crippen LogP contribution is -2.42. The molecule has 1 atom stereocenters. The monoisotopic (exact) mass is 532 g/mol. The number of anilines is 1. The summed E-state index contributed by atoms with van der Waals surface area (Å²) in [6.45, 7) is 2.37. The first kappa shape index (κ1) is 26.2. The van der Waals surface area contributed by atoms with Crippen LogP contribution in [0.2, 0.25) is 0 Å². The van der Waals surface area contributed by atoms with Crippen LogP contribution in [0.4, 0.5) is 10.1 Å². The Morgan fingerprint density at radius 1 is 1.26 bits per heavy atom. The molecule has 0 spiro atoms. The molecule has 39 heavy (non-hydrogen) atoms. The first-order valence-corrected chi connectivity index (χ1v) is 12.7. The van der Waals surface area contributed by atoms with Crippen molar-refractivity contribution in [3.8, 4) is 17.5 Å². The number of nitrogens with one attached hydrogen (secondary N) is 2. The quantitative estimate of drug-likeness (QED) is 0.310. The van der Waals surface area contributed by atoms with Crippen molar-refractivity contribution in [2.45, 2.75) is 63.4 Å². The number of alkyl halides is 1. The minimum absolute atomic E-state index is 0.0881. The molecular formula is C26H29FN10O2. The summed E-state index contributed by atoms with van der Waals surface area (Å²) >= 11 is 0. The first-order chi connectivity index (χ1) is 18.7. The lowest BCUT2D eigenvalue weighted by atomic mass is 9.91. The lowest BCUT2D eigenvalue weighted by molar-refractivity contribution is -0.00177. The number of hydrogen-bond donors (Lipinski definition) is 3. The molecule has 3 N–H and O–H groups in total. The number of amides is 1. The van der Waals surface area contributed by atoms with Crippen LogP contribution in [0.3, 0.4) is 0 Å². The molecule has 1 saturated carbocycles. The average Bonchev–Trinajstić information content (AvgIpc) is 3.61.